The van der Waals surface area contributed by atoms with E-state index in [-0.39, 0.29) is 0 Å². The summed E-state index contributed by atoms with van der Waals surface area (Å²) in [5.74, 6) is 1.41. The van der Waals surface area contributed by atoms with Gasteiger partial charge in [0, 0.05) is 12.2 Å². The summed E-state index contributed by atoms with van der Waals surface area (Å²) in [6.07, 6.45) is 17.5. The first-order chi connectivity index (χ1) is 10.1. The molecule has 21 heavy (non-hydrogen) atoms. The second kappa shape index (κ2) is 4.62. The highest BCUT2D eigenvalue weighted by Crippen LogP contribution is 2.45. The van der Waals surface area contributed by atoms with Crippen molar-refractivity contribution in [3.05, 3.63) is 70.5 Å². The van der Waals surface area contributed by atoms with Gasteiger partial charge in [-0.05, 0) is 47.5 Å². The Labute approximate surface area is 127 Å². The van der Waals surface area contributed by atoms with Gasteiger partial charge < -0.3 is 4.90 Å². The third kappa shape index (κ3) is 1.91. The third-order valence-corrected chi connectivity index (χ3v) is 5.23. The molecule has 0 spiro atoms. The number of hydrogen-bond acceptors (Lipinski definition) is 1. The minimum atomic E-state index is 0.429. The van der Waals surface area contributed by atoms with Gasteiger partial charge in [0.15, 0.2) is 0 Å². The summed E-state index contributed by atoms with van der Waals surface area (Å²) in [4.78, 5) is 2.59. The quantitative estimate of drug-likeness (QED) is 0.680. The molecule has 108 valence electrons. The van der Waals surface area contributed by atoms with Gasteiger partial charge in [-0.1, -0.05) is 56.4 Å². The van der Waals surface area contributed by atoms with Crippen LogP contribution in [0, 0.1) is 11.8 Å². The van der Waals surface area contributed by atoms with E-state index in [1.807, 2.05) is 0 Å². The molecular formula is C20H23N. The van der Waals surface area contributed by atoms with Gasteiger partial charge >= 0.3 is 0 Å². The van der Waals surface area contributed by atoms with Crippen LogP contribution in [-0.4, -0.2) is 17.5 Å². The Morgan fingerprint density at radius 3 is 2.90 bits per heavy atom. The van der Waals surface area contributed by atoms with Crippen LogP contribution in [0.3, 0.4) is 0 Å². The number of hydrogen-bond donors (Lipinski definition) is 0. The molecule has 1 heteroatoms. The molecule has 0 aromatic heterocycles. The maximum atomic E-state index is 2.59. The first-order valence-corrected chi connectivity index (χ1v) is 8.10. The lowest BCUT2D eigenvalue weighted by Crippen LogP contribution is -2.34. The van der Waals surface area contributed by atoms with Gasteiger partial charge in [-0.15, -0.1) is 0 Å². The average molecular weight is 277 g/mol. The van der Waals surface area contributed by atoms with Gasteiger partial charge in [0.25, 0.3) is 0 Å². The van der Waals surface area contributed by atoms with E-state index in [0.29, 0.717) is 12.0 Å². The summed E-state index contributed by atoms with van der Waals surface area (Å²) in [5, 5.41) is 0. The molecule has 0 aromatic rings. The molecular weight excluding hydrogens is 254 g/mol. The summed E-state index contributed by atoms with van der Waals surface area (Å²) in [5.41, 5.74) is 7.37. The molecule has 0 bridgehead atoms. The smallest absolute Gasteiger partial charge is 0.0733 e. The SMILES string of the molecule is CC1=C2C3=CC(C(C)C)CC=C3CN2C2C=CC=CC2=C1. The van der Waals surface area contributed by atoms with E-state index < -0.39 is 0 Å². The molecule has 4 rings (SSSR count). The maximum Gasteiger partial charge on any atom is 0.0733 e. The first-order valence-electron chi connectivity index (χ1n) is 8.10. The van der Waals surface area contributed by atoms with Gasteiger partial charge in [0.05, 0.1) is 6.04 Å². The van der Waals surface area contributed by atoms with E-state index in [0.717, 1.165) is 12.5 Å². The predicted octanol–water partition coefficient (Wildman–Crippen LogP) is 4.54. The Morgan fingerprint density at radius 2 is 2.10 bits per heavy atom. The Hall–Kier alpha value is -1.76. The van der Waals surface area contributed by atoms with Gasteiger partial charge in [0.2, 0.25) is 0 Å². The summed E-state index contributed by atoms with van der Waals surface area (Å²) in [6, 6.07) is 0.429. The molecule has 1 saturated heterocycles. The number of fused-ring (bicyclic) bond motifs is 5. The predicted molar refractivity (Wildman–Crippen MR) is 88.7 cm³/mol. The Balaban J connectivity index is 1.81. The maximum absolute atomic E-state index is 2.59. The van der Waals surface area contributed by atoms with Crippen LogP contribution < -0.4 is 0 Å². The lowest BCUT2D eigenvalue weighted by molar-refractivity contribution is 0.372. The van der Waals surface area contributed by atoms with Crippen LogP contribution >= 0.6 is 0 Å². The molecule has 2 atom stereocenters. The van der Waals surface area contributed by atoms with Crippen LogP contribution in [0.15, 0.2) is 70.5 Å². The molecule has 0 amide bonds. The molecule has 2 heterocycles. The second-order valence-corrected chi connectivity index (χ2v) is 6.95. The van der Waals surface area contributed by atoms with E-state index in [4.69, 9.17) is 0 Å². The van der Waals surface area contributed by atoms with E-state index in [1.54, 1.807) is 5.57 Å². The van der Waals surface area contributed by atoms with Gasteiger partial charge in [0.1, 0.15) is 0 Å². The van der Waals surface area contributed by atoms with Crippen molar-refractivity contribution in [3.8, 4) is 0 Å². The van der Waals surface area contributed by atoms with E-state index in [2.05, 4.69) is 68.2 Å². The molecule has 0 N–H and O–H groups in total. The van der Waals surface area contributed by atoms with Crippen molar-refractivity contribution < 1.29 is 0 Å². The molecule has 1 fully saturated rings. The molecule has 2 aliphatic heterocycles. The van der Waals surface area contributed by atoms with Crippen molar-refractivity contribution in [1.29, 1.82) is 0 Å². The Bertz CT molecular complexity index is 664. The van der Waals surface area contributed by atoms with Crippen molar-refractivity contribution in [2.24, 2.45) is 11.8 Å². The highest BCUT2D eigenvalue weighted by atomic mass is 15.2. The van der Waals surface area contributed by atoms with Crippen molar-refractivity contribution >= 4 is 0 Å². The molecule has 0 saturated carbocycles. The highest BCUT2D eigenvalue weighted by Gasteiger charge is 2.37. The topological polar surface area (TPSA) is 3.24 Å². The largest absolute Gasteiger partial charge is 0.356 e. The first kappa shape index (κ1) is 12.9. The fourth-order valence-corrected chi connectivity index (χ4v) is 4.00. The van der Waals surface area contributed by atoms with Crippen molar-refractivity contribution in [2.75, 3.05) is 6.54 Å². The second-order valence-electron chi connectivity index (χ2n) is 6.95. The number of allylic oxidation sites excluding steroid dienone is 7. The summed E-state index contributed by atoms with van der Waals surface area (Å²) in [7, 11) is 0. The highest BCUT2D eigenvalue weighted by molar-refractivity contribution is 5.61. The zero-order valence-electron chi connectivity index (χ0n) is 13.1. The van der Waals surface area contributed by atoms with Crippen LogP contribution in [0.25, 0.3) is 0 Å². The van der Waals surface area contributed by atoms with Crippen LogP contribution in [0.2, 0.25) is 0 Å². The summed E-state index contributed by atoms with van der Waals surface area (Å²) in [6.45, 7) is 8.01. The molecule has 0 radical (unpaired) electrons. The molecule has 1 nitrogen and oxygen atoms in total. The third-order valence-electron chi connectivity index (χ3n) is 5.23. The average Bonchev–Trinajstić information content (AvgIpc) is 2.86. The fraction of sp³-hybridized carbons (Fsp3) is 0.400. The normalized spacial score (nSPS) is 29.9. The number of nitrogens with zero attached hydrogens (tertiary/aromatic N) is 1. The van der Waals surface area contributed by atoms with Crippen LogP contribution in [0.1, 0.15) is 27.2 Å². The van der Waals surface area contributed by atoms with Gasteiger partial charge in [-0.2, -0.15) is 0 Å². The zero-order chi connectivity index (χ0) is 14.6. The minimum Gasteiger partial charge on any atom is -0.356 e. The summed E-state index contributed by atoms with van der Waals surface area (Å²) < 4.78 is 0. The molecule has 2 aliphatic carbocycles. The van der Waals surface area contributed by atoms with Crippen molar-refractivity contribution in [2.45, 2.75) is 33.2 Å². The molecule has 0 aromatic carbocycles. The van der Waals surface area contributed by atoms with E-state index in [9.17, 15) is 0 Å². The van der Waals surface area contributed by atoms with Gasteiger partial charge in [-0.3, -0.25) is 0 Å². The Kier molecular flexibility index (Phi) is 2.85. The zero-order valence-corrected chi connectivity index (χ0v) is 13.1. The fourth-order valence-electron chi connectivity index (χ4n) is 4.00. The van der Waals surface area contributed by atoms with Crippen molar-refractivity contribution in [3.63, 3.8) is 0 Å². The lowest BCUT2D eigenvalue weighted by Gasteiger charge is -2.35. The van der Waals surface area contributed by atoms with Crippen LogP contribution in [0.5, 0.6) is 0 Å². The van der Waals surface area contributed by atoms with Crippen molar-refractivity contribution in [1.82, 2.24) is 4.90 Å². The van der Waals surface area contributed by atoms with Gasteiger partial charge in [-0.25, -0.2) is 0 Å². The summed E-state index contributed by atoms with van der Waals surface area (Å²) >= 11 is 0. The standard InChI is InChI=1S/C20H23N/c1-13(2)15-8-9-17-12-21-19-7-5-4-6-16(19)10-14(3)20(21)18(17)11-15/h4-7,9-11,13,15,19H,8,12H2,1-3H3. The van der Waals surface area contributed by atoms with E-state index in [1.165, 1.54) is 28.8 Å². The molecule has 4 aliphatic rings. The Morgan fingerprint density at radius 1 is 1.24 bits per heavy atom. The lowest BCUT2D eigenvalue weighted by atomic mass is 9.83. The monoisotopic (exact) mass is 277 g/mol. The van der Waals surface area contributed by atoms with Crippen LogP contribution in [0.4, 0.5) is 0 Å². The van der Waals surface area contributed by atoms with E-state index >= 15 is 0 Å². The van der Waals surface area contributed by atoms with Crippen LogP contribution in [-0.2, 0) is 0 Å². The molecule has 2 unspecified atom stereocenters. The minimum absolute atomic E-state index is 0.429. The number of rotatable bonds is 1.